The molecule has 1 fully saturated rings. The molecule has 6 nitrogen and oxygen atoms in total. The fraction of sp³-hybridized carbons (Fsp3) is 0.450. The Labute approximate surface area is 152 Å². The van der Waals surface area contributed by atoms with Gasteiger partial charge in [-0.2, -0.15) is 0 Å². The molecule has 0 radical (unpaired) electrons. The molecule has 2 aromatic heterocycles. The van der Waals surface area contributed by atoms with Gasteiger partial charge in [0.05, 0.1) is 19.2 Å². The van der Waals surface area contributed by atoms with E-state index < -0.39 is 0 Å². The van der Waals surface area contributed by atoms with Gasteiger partial charge in [-0.25, -0.2) is 0 Å². The molecule has 0 N–H and O–H groups in total. The van der Waals surface area contributed by atoms with Gasteiger partial charge >= 0.3 is 0 Å². The summed E-state index contributed by atoms with van der Waals surface area (Å²) in [7, 11) is 1.70. The van der Waals surface area contributed by atoms with Gasteiger partial charge in [-0.15, -0.1) is 10.2 Å². The first kappa shape index (κ1) is 15.6. The summed E-state index contributed by atoms with van der Waals surface area (Å²) in [4.78, 5) is 6.88. The largest absolute Gasteiger partial charge is 0.497 e. The van der Waals surface area contributed by atoms with E-state index in [0.717, 1.165) is 42.1 Å². The van der Waals surface area contributed by atoms with E-state index >= 15 is 0 Å². The molecule has 0 unspecified atom stereocenters. The molecule has 1 saturated carbocycles. The molecule has 2 aliphatic rings. The van der Waals surface area contributed by atoms with Crippen LogP contribution in [0.5, 0.6) is 5.75 Å². The molecule has 3 heterocycles. The van der Waals surface area contributed by atoms with Gasteiger partial charge in [0.1, 0.15) is 11.6 Å². The smallest absolute Gasteiger partial charge is 0.152 e. The second-order valence-electron chi connectivity index (χ2n) is 7.24. The number of rotatable bonds is 3. The van der Waals surface area contributed by atoms with Crippen LogP contribution in [0, 0.1) is 0 Å². The number of ether oxygens (including phenoxy) is 1. The Kier molecular flexibility index (Phi) is 3.76. The van der Waals surface area contributed by atoms with Crippen LogP contribution in [-0.2, 0) is 13.1 Å². The topological polar surface area (TPSA) is 56.1 Å². The van der Waals surface area contributed by atoms with Crippen molar-refractivity contribution in [2.45, 2.75) is 44.7 Å². The van der Waals surface area contributed by atoms with Gasteiger partial charge < -0.3 is 14.2 Å². The monoisotopic (exact) mass is 349 g/mol. The van der Waals surface area contributed by atoms with Crippen LogP contribution >= 0.6 is 0 Å². The Morgan fingerprint density at radius 1 is 1.08 bits per heavy atom. The predicted molar refractivity (Wildman–Crippen MR) is 101 cm³/mol. The van der Waals surface area contributed by atoms with E-state index in [1.54, 1.807) is 7.11 Å². The van der Waals surface area contributed by atoms with E-state index in [-0.39, 0.29) is 0 Å². The van der Waals surface area contributed by atoms with E-state index in [1.807, 2.05) is 18.3 Å². The highest BCUT2D eigenvalue weighted by atomic mass is 16.5. The predicted octanol–water partition coefficient (Wildman–Crippen LogP) is 3.51. The standard InChI is InChI=1S/C20H23N5O/c1-26-15-6-7-17-16(12-15)18(8-9-21-17)24-10-11-25-19(13-24)22-23-20(25)14-4-2-3-5-14/h6-9,12,14H,2-5,10-11,13H2,1H3. The van der Waals surface area contributed by atoms with Gasteiger partial charge in [0.15, 0.2) is 5.82 Å². The normalized spacial score (nSPS) is 17.7. The van der Waals surface area contributed by atoms with Crippen LogP contribution in [0.3, 0.4) is 0 Å². The molecular formula is C20H23N5O. The first-order valence-corrected chi connectivity index (χ1v) is 9.43. The van der Waals surface area contributed by atoms with Crippen molar-refractivity contribution in [2.24, 2.45) is 0 Å². The summed E-state index contributed by atoms with van der Waals surface area (Å²) in [6.45, 7) is 2.69. The van der Waals surface area contributed by atoms with Gasteiger partial charge in [0, 0.05) is 36.3 Å². The second kappa shape index (κ2) is 6.27. The van der Waals surface area contributed by atoms with Crippen molar-refractivity contribution in [3.8, 4) is 5.75 Å². The van der Waals surface area contributed by atoms with Gasteiger partial charge in [0.2, 0.25) is 0 Å². The van der Waals surface area contributed by atoms with Gasteiger partial charge in [-0.1, -0.05) is 12.8 Å². The molecule has 0 atom stereocenters. The molecule has 3 aromatic rings. The first-order valence-electron chi connectivity index (χ1n) is 9.43. The zero-order valence-electron chi connectivity index (χ0n) is 15.1. The van der Waals surface area contributed by atoms with Crippen LogP contribution in [-0.4, -0.2) is 33.4 Å². The fourth-order valence-corrected chi connectivity index (χ4v) is 4.39. The maximum absolute atomic E-state index is 5.41. The lowest BCUT2D eigenvalue weighted by Gasteiger charge is -2.31. The summed E-state index contributed by atoms with van der Waals surface area (Å²) in [5, 5.41) is 10.2. The van der Waals surface area contributed by atoms with E-state index in [4.69, 9.17) is 4.74 Å². The van der Waals surface area contributed by atoms with Crippen molar-refractivity contribution in [3.05, 3.63) is 42.1 Å². The summed E-state index contributed by atoms with van der Waals surface area (Å²) in [5.74, 6) is 3.74. The summed E-state index contributed by atoms with van der Waals surface area (Å²) in [5.41, 5.74) is 2.17. The lowest BCUT2D eigenvalue weighted by Crippen LogP contribution is -2.34. The minimum atomic E-state index is 0.605. The molecule has 26 heavy (non-hydrogen) atoms. The maximum Gasteiger partial charge on any atom is 0.152 e. The second-order valence-corrected chi connectivity index (χ2v) is 7.24. The number of pyridine rings is 1. The molecule has 0 amide bonds. The Bertz CT molecular complexity index is 945. The molecule has 1 aromatic carbocycles. The summed E-state index contributed by atoms with van der Waals surface area (Å²) in [6.07, 6.45) is 7.05. The quantitative estimate of drug-likeness (QED) is 0.724. The zero-order chi connectivity index (χ0) is 17.5. The molecular weight excluding hydrogens is 326 g/mol. The SMILES string of the molecule is COc1ccc2nccc(N3CCn4c(nnc4C4CCCC4)C3)c2c1. The molecule has 1 aliphatic heterocycles. The van der Waals surface area contributed by atoms with Gasteiger partial charge in [0.25, 0.3) is 0 Å². The number of anilines is 1. The maximum atomic E-state index is 5.41. The van der Waals surface area contributed by atoms with Crippen LogP contribution in [0.25, 0.3) is 10.9 Å². The number of hydrogen-bond acceptors (Lipinski definition) is 5. The van der Waals surface area contributed by atoms with Crippen molar-refractivity contribution < 1.29 is 4.74 Å². The molecule has 0 spiro atoms. The Balaban J connectivity index is 1.49. The highest BCUT2D eigenvalue weighted by molar-refractivity contribution is 5.92. The zero-order valence-corrected chi connectivity index (χ0v) is 15.1. The lowest BCUT2D eigenvalue weighted by molar-refractivity contribution is 0.415. The lowest BCUT2D eigenvalue weighted by atomic mass is 10.1. The van der Waals surface area contributed by atoms with E-state index in [2.05, 4.69) is 36.8 Å². The van der Waals surface area contributed by atoms with Gasteiger partial charge in [-0.05, 0) is 37.1 Å². The highest BCUT2D eigenvalue weighted by Gasteiger charge is 2.28. The van der Waals surface area contributed by atoms with Crippen LogP contribution in [0.4, 0.5) is 5.69 Å². The molecule has 6 heteroatoms. The molecule has 0 bridgehead atoms. The van der Waals surface area contributed by atoms with E-state index in [1.165, 1.54) is 37.2 Å². The number of aromatic nitrogens is 4. The number of methoxy groups -OCH3 is 1. The van der Waals surface area contributed by atoms with E-state index in [9.17, 15) is 0 Å². The van der Waals surface area contributed by atoms with Crippen LogP contribution < -0.4 is 9.64 Å². The molecule has 0 saturated heterocycles. The Hall–Kier alpha value is -2.63. The molecule has 1 aliphatic carbocycles. The number of fused-ring (bicyclic) bond motifs is 2. The molecule has 5 rings (SSSR count). The third-order valence-corrected chi connectivity index (χ3v) is 5.77. The third-order valence-electron chi connectivity index (χ3n) is 5.77. The number of benzene rings is 1. The number of nitrogens with zero attached hydrogens (tertiary/aromatic N) is 5. The average molecular weight is 349 g/mol. The minimum Gasteiger partial charge on any atom is -0.497 e. The fourth-order valence-electron chi connectivity index (χ4n) is 4.39. The Morgan fingerprint density at radius 2 is 1.96 bits per heavy atom. The summed E-state index contributed by atoms with van der Waals surface area (Å²) in [6, 6.07) is 8.13. The van der Waals surface area contributed by atoms with Crippen LogP contribution in [0.15, 0.2) is 30.5 Å². The van der Waals surface area contributed by atoms with E-state index in [0.29, 0.717) is 5.92 Å². The van der Waals surface area contributed by atoms with Crippen molar-refractivity contribution in [2.75, 3.05) is 18.6 Å². The third kappa shape index (κ3) is 2.52. The first-order chi connectivity index (χ1) is 12.8. The van der Waals surface area contributed by atoms with Crippen molar-refractivity contribution in [3.63, 3.8) is 0 Å². The average Bonchev–Trinajstić information content (AvgIpc) is 3.35. The van der Waals surface area contributed by atoms with Crippen LogP contribution in [0.2, 0.25) is 0 Å². The van der Waals surface area contributed by atoms with Crippen molar-refractivity contribution >= 4 is 16.6 Å². The Morgan fingerprint density at radius 3 is 2.81 bits per heavy atom. The molecule has 134 valence electrons. The van der Waals surface area contributed by atoms with Gasteiger partial charge in [-0.3, -0.25) is 4.98 Å². The summed E-state index contributed by atoms with van der Waals surface area (Å²) >= 11 is 0. The summed E-state index contributed by atoms with van der Waals surface area (Å²) < 4.78 is 7.77. The van der Waals surface area contributed by atoms with Crippen LogP contribution in [0.1, 0.15) is 43.3 Å². The minimum absolute atomic E-state index is 0.605. The van der Waals surface area contributed by atoms with Crippen molar-refractivity contribution in [1.82, 2.24) is 19.7 Å². The highest BCUT2D eigenvalue weighted by Crippen LogP contribution is 2.35. The number of hydrogen-bond donors (Lipinski definition) is 0. The van der Waals surface area contributed by atoms with Crippen molar-refractivity contribution in [1.29, 1.82) is 0 Å².